The van der Waals surface area contributed by atoms with E-state index >= 15 is 0 Å². The van der Waals surface area contributed by atoms with E-state index in [0.29, 0.717) is 76.7 Å². The second-order valence-electron chi connectivity index (χ2n) is 15.6. The molecule has 1 aromatic heterocycles. The fourth-order valence-corrected chi connectivity index (χ4v) is 5.74. The molecule has 2 aromatic carbocycles. The maximum absolute atomic E-state index is 14.2. The van der Waals surface area contributed by atoms with Crippen LogP contribution in [0.4, 0.5) is 40.2 Å². The van der Waals surface area contributed by atoms with Gasteiger partial charge in [-0.25, -0.2) is 18.8 Å². The molecule has 0 saturated carbocycles. The minimum atomic E-state index is -0.835. The summed E-state index contributed by atoms with van der Waals surface area (Å²) in [4.78, 5) is 58.2. The number of piperazine rings is 2. The van der Waals surface area contributed by atoms with Gasteiger partial charge in [-0.3, -0.25) is 24.9 Å². The number of carbonyl (C=O) groups excluding carboxylic acids is 3. The van der Waals surface area contributed by atoms with E-state index in [1.165, 1.54) is 12.1 Å². The highest BCUT2D eigenvalue weighted by molar-refractivity contribution is 5.99. The van der Waals surface area contributed by atoms with Crippen LogP contribution in [0.5, 0.6) is 0 Å². The lowest BCUT2D eigenvalue weighted by atomic mass is 10.1. The van der Waals surface area contributed by atoms with E-state index in [4.69, 9.17) is 9.47 Å². The van der Waals surface area contributed by atoms with Gasteiger partial charge in [0.2, 0.25) is 5.82 Å². The van der Waals surface area contributed by atoms with Crippen molar-refractivity contribution >= 4 is 35.3 Å². The van der Waals surface area contributed by atoms with Crippen LogP contribution in [0, 0.1) is 28.7 Å². The number of halogens is 2. The zero-order chi connectivity index (χ0) is 41.2. The van der Waals surface area contributed by atoms with E-state index in [1.54, 1.807) is 46.3 Å². The van der Waals surface area contributed by atoms with E-state index in [1.807, 2.05) is 48.5 Å². The first-order chi connectivity index (χ1) is 26.2. The predicted molar refractivity (Wildman–Crippen MR) is 207 cm³/mol. The van der Waals surface area contributed by atoms with E-state index in [2.05, 4.69) is 25.4 Å². The molecule has 2 fully saturated rings. The van der Waals surface area contributed by atoms with Gasteiger partial charge in [0.1, 0.15) is 17.0 Å². The molecule has 4 amide bonds. The number of aromatic nitrogens is 1. The number of rotatable bonds is 7. The number of benzene rings is 2. The summed E-state index contributed by atoms with van der Waals surface area (Å²) >= 11 is 0. The average molecular weight is 783 g/mol. The molecule has 2 aliphatic rings. The van der Waals surface area contributed by atoms with Crippen molar-refractivity contribution in [3.05, 3.63) is 93.3 Å². The normalized spacial score (nSPS) is 15.3. The number of nitrogens with zero attached hydrogens (tertiary/aromatic N) is 6. The highest BCUT2D eigenvalue weighted by atomic mass is 19.1. The molecule has 5 rings (SSSR count). The van der Waals surface area contributed by atoms with Gasteiger partial charge >= 0.3 is 23.9 Å². The largest absolute Gasteiger partial charge is 0.444 e. The quantitative estimate of drug-likeness (QED) is 0.188. The Morgan fingerprint density at radius 3 is 1.66 bits per heavy atom. The van der Waals surface area contributed by atoms with Gasteiger partial charge in [0.15, 0.2) is 0 Å². The van der Waals surface area contributed by atoms with Crippen LogP contribution < -0.4 is 10.6 Å². The molecule has 304 valence electrons. The fourth-order valence-electron chi connectivity index (χ4n) is 5.74. The van der Waals surface area contributed by atoms with Gasteiger partial charge in [-0.1, -0.05) is 12.1 Å². The molecule has 0 spiro atoms. The molecule has 0 atom stereocenters. The van der Waals surface area contributed by atoms with Crippen LogP contribution in [0.2, 0.25) is 0 Å². The number of nitrogens with one attached hydrogen (secondary N) is 2. The van der Waals surface area contributed by atoms with Crippen LogP contribution in [-0.2, 0) is 22.6 Å². The van der Waals surface area contributed by atoms with Crippen LogP contribution >= 0.6 is 0 Å². The van der Waals surface area contributed by atoms with Crippen molar-refractivity contribution in [2.75, 3.05) is 63.0 Å². The van der Waals surface area contributed by atoms with Crippen molar-refractivity contribution < 1.29 is 37.6 Å². The Bertz CT molecular complexity index is 1830. The molecule has 0 bridgehead atoms. The molecule has 2 N–H and O–H groups in total. The van der Waals surface area contributed by atoms with Crippen molar-refractivity contribution in [3.63, 3.8) is 0 Å². The molecule has 2 saturated heterocycles. The average Bonchev–Trinajstić information content (AvgIpc) is 3.11. The van der Waals surface area contributed by atoms with Crippen molar-refractivity contribution in [3.8, 4) is 0 Å². The first-order valence-corrected chi connectivity index (χ1v) is 18.4. The molecule has 3 aromatic rings. The van der Waals surface area contributed by atoms with Crippen LogP contribution in [0.1, 0.15) is 58.4 Å². The first kappa shape index (κ1) is 43.3. The van der Waals surface area contributed by atoms with Gasteiger partial charge < -0.3 is 29.9 Å². The number of pyridine rings is 1. The number of nitro benzene ring substituents is 1. The lowest BCUT2D eigenvalue weighted by Crippen LogP contribution is -2.49. The molecule has 0 unspecified atom stereocenters. The van der Waals surface area contributed by atoms with E-state index in [9.17, 15) is 33.3 Å². The van der Waals surface area contributed by atoms with E-state index < -0.39 is 39.5 Å². The van der Waals surface area contributed by atoms with E-state index in [-0.39, 0.29) is 17.9 Å². The van der Waals surface area contributed by atoms with Crippen LogP contribution in [0.25, 0.3) is 0 Å². The second-order valence-corrected chi connectivity index (χ2v) is 15.6. The topological polar surface area (TPSA) is 163 Å². The third-order valence-corrected chi connectivity index (χ3v) is 8.52. The maximum atomic E-state index is 14.2. The number of hydrogen-bond acceptors (Lipinski definition) is 10. The highest BCUT2D eigenvalue weighted by Gasteiger charge is 2.27. The minimum Gasteiger partial charge on any atom is -0.444 e. The summed E-state index contributed by atoms with van der Waals surface area (Å²) < 4.78 is 38.4. The second kappa shape index (κ2) is 18.9. The Kier molecular flexibility index (Phi) is 14.7. The summed E-state index contributed by atoms with van der Waals surface area (Å²) in [5.41, 5.74) is 1.44. The molecular formula is C39H52F2N8O7. The maximum Gasteiger partial charge on any atom is 0.410 e. The standard InChI is InChI=1S/C23H30FN5O3.C16H22FN3O4/c1-16-5-7-18(14-25-16)26-21(30)27-20-13-17(6-8-19(20)24)15-28-9-11-29(12-10-28)22(31)32-23(2,3)4;1-16(2,3)24-15(21)19-8-6-18(7-9-19)11-12-4-5-13(17)14(10-12)20(22)23/h5-8,13-14H,9-12,15H2,1-4H3,(H2,26,27,30);4-5,10H,6-9,11H2,1-3H3. The number of anilines is 2. The van der Waals surface area contributed by atoms with Crippen molar-refractivity contribution in [1.29, 1.82) is 0 Å². The summed E-state index contributed by atoms with van der Waals surface area (Å²) in [6, 6.07) is 11.5. The lowest BCUT2D eigenvalue weighted by molar-refractivity contribution is -0.387. The van der Waals surface area contributed by atoms with Crippen molar-refractivity contribution in [2.45, 2.75) is 72.8 Å². The number of hydrogen-bond donors (Lipinski definition) is 2. The third-order valence-electron chi connectivity index (χ3n) is 8.52. The third kappa shape index (κ3) is 14.0. The zero-order valence-corrected chi connectivity index (χ0v) is 33.1. The fraction of sp³-hybridized carbons (Fsp3) is 0.487. The highest BCUT2D eigenvalue weighted by Crippen LogP contribution is 2.22. The van der Waals surface area contributed by atoms with Crippen LogP contribution in [0.3, 0.4) is 0 Å². The number of amides is 4. The molecular weight excluding hydrogens is 730 g/mol. The van der Waals surface area contributed by atoms with Gasteiger partial charge in [0.05, 0.1) is 22.5 Å². The summed E-state index contributed by atoms with van der Waals surface area (Å²) in [5.74, 6) is -1.35. The molecule has 3 heterocycles. The lowest BCUT2D eigenvalue weighted by Gasteiger charge is -2.35. The molecule has 0 aliphatic carbocycles. The Morgan fingerprint density at radius 2 is 1.21 bits per heavy atom. The minimum absolute atomic E-state index is 0.104. The van der Waals surface area contributed by atoms with Gasteiger partial charge in [-0.05, 0) is 89.9 Å². The van der Waals surface area contributed by atoms with Crippen molar-refractivity contribution in [2.24, 2.45) is 0 Å². The molecule has 17 heteroatoms. The number of nitro groups is 1. The van der Waals surface area contributed by atoms with E-state index in [0.717, 1.165) is 17.3 Å². The first-order valence-electron chi connectivity index (χ1n) is 18.4. The Morgan fingerprint density at radius 1 is 0.732 bits per heavy atom. The Labute approximate surface area is 326 Å². The smallest absolute Gasteiger partial charge is 0.410 e. The summed E-state index contributed by atoms with van der Waals surface area (Å²) in [6.45, 7) is 18.7. The summed E-state index contributed by atoms with van der Waals surface area (Å²) in [5, 5.41) is 16.0. The number of ether oxygens (including phenoxy) is 2. The molecule has 0 radical (unpaired) electrons. The van der Waals surface area contributed by atoms with Crippen molar-refractivity contribution in [1.82, 2.24) is 24.6 Å². The molecule has 2 aliphatic heterocycles. The van der Waals surface area contributed by atoms with Gasteiger partial charge in [-0.2, -0.15) is 4.39 Å². The predicted octanol–water partition coefficient (Wildman–Crippen LogP) is 7.01. The number of aryl methyl sites for hydroxylation is 1. The molecule has 56 heavy (non-hydrogen) atoms. The molecule has 15 nitrogen and oxygen atoms in total. The van der Waals surface area contributed by atoms with Crippen LogP contribution in [0.15, 0.2) is 54.7 Å². The Balaban J connectivity index is 0.000000259. The monoisotopic (exact) mass is 782 g/mol. The Hall–Kier alpha value is -5.42. The van der Waals surface area contributed by atoms with Gasteiger partial charge in [0.25, 0.3) is 0 Å². The SMILES string of the molecule is CC(C)(C)OC(=O)N1CCN(Cc2ccc(F)c([N+](=O)[O-])c2)CC1.Cc1ccc(NC(=O)Nc2cc(CN3CCN(C(=O)OC(C)(C)C)CC3)ccc2F)cn1. The number of carbonyl (C=O) groups is 3. The summed E-state index contributed by atoms with van der Waals surface area (Å²) in [7, 11) is 0. The van der Waals surface area contributed by atoms with Gasteiger partial charge in [-0.15, -0.1) is 0 Å². The zero-order valence-electron chi connectivity index (χ0n) is 33.1. The summed E-state index contributed by atoms with van der Waals surface area (Å²) in [6.07, 6.45) is 0.901. The van der Waals surface area contributed by atoms with Gasteiger partial charge in [0, 0.05) is 77.2 Å². The van der Waals surface area contributed by atoms with Crippen LogP contribution in [-0.4, -0.2) is 111 Å². The number of urea groups is 1.